The highest BCUT2D eigenvalue weighted by atomic mass is 16.5. The van der Waals surface area contributed by atoms with E-state index in [1.807, 2.05) is 6.20 Å². The third kappa shape index (κ3) is 1.38. The second-order valence-corrected chi connectivity index (χ2v) is 2.71. The van der Waals surface area contributed by atoms with Crippen molar-refractivity contribution in [2.24, 2.45) is 10.9 Å². The van der Waals surface area contributed by atoms with Crippen LogP contribution in [0.5, 0.6) is 0 Å². The van der Waals surface area contributed by atoms with Crippen LogP contribution >= 0.6 is 0 Å². The number of methoxy groups -OCH3 is 1. The fourth-order valence-corrected chi connectivity index (χ4v) is 0.913. The molecule has 1 unspecified atom stereocenters. The molecule has 0 amide bonds. The minimum atomic E-state index is 0.590. The van der Waals surface area contributed by atoms with E-state index in [1.54, 1.807) is 7.11 Å². The molecule has 1 heterocycles. The van der Waals surface area contributed by atoms with Gasteiger partial charge in [0.15, 0.2) is 5.90 Å². The summed E-state index contributed by atoms with van der Waals surface area (Å²) in [5.41, 5.74) is 1.33. The zero-order valence-electron chi connectivity index (χ0n) is 6.72. The molecule has 2 nitrogen and oxygen atoms in total. The van der Waals surface area contributed by atoms with Gasteiger partial charge in [0, 0.05) is 12.6 Å². The van der Waals surface area contributed by atoms with Crippen LogP contribution in [-0.2, 0) is 4.74 Å². The molecule has 1 rings (SSSR count). The van der Waals surface area contributed by atoms with Crippen LogP contribution in [0.1, 0.15) is 20.3 Å². The Hall–Kier alpha value is -0.790. The molecular formula is C8H13NO. The van der Waals surface area contributed by atoms with Crippen molar-refractivity contribution in [3.05, 3.63) is 11.8 Å². The number of nitrogens with zero attached hydrogens (tertiary/aromatic N) is 1. The molecule has 0 aromatic rings. The minimum absolute atomic E-state index is 0.590. The number of rotatable bonds is 0. The molecule has 0 radical (unpaired) electrons. The summed E-state index contributed by atoms with van der Waals surface area (Å²) >= 11 is 0. The van der Waals surface area contributed by atoms with Gasteiger partial charge in [-0.25, -0.2) is 4.99 Å². The largest absolute Gasteiger partial charge is 0.484 e. The van der Waals surface area contributed by atoms with Gasteiger partial charge in [-0.15, -0.1) is 0 Å². The van der Waals surface area contributed by atoms with Gasteiger partial charge in [-0.2, -0.15) is 0 Å². The smallest absolute Gasteiger partial charge is 0.188 e. The van der Waals surface area contributed by atoms with Crippen LogP contribution in [0.15, 0.2) is 16.8 Å². The molecule has 0 aromatic heterocycles. The van der Waals surface area contributed by atoms with Gasteiger partial charge < -0.3 is 4.74 Å². The first kappa shape index (κ1) is 7.32. The van der Waals surface area contributed by atoms with E-state index in [2.05, 4.69) is 18.8 Å². The van der Waals surface area contributed by atoms with Crippen LogP contribution in [0.25, 0.3) is 0 Å². The number of aliphatic imine (C=N–C) groups is 1. The van der Waals surface area contributed by atoms with Crippen LogP contribution in [0, 0.1) is 5.92 Å². The summed E-state index contributed by atoms with van der Waals surface area (Å²) in [6.07, 6.45) is 2.83. The average Bonchev–Trinajstić information content (AvgIpc) is 1.95. The van der Waals surface area contributed by atoms with Crippen molar-refractivity contribution >= 4 is 5.90 Å². The van der Waals surface area contributed by atoms with Crippen molar-refractivity contribution in [1.82, 2.24) is 0 Å². The first-order chi connectivity index (χ1) is 4.74. The molecule has 56 valence electrons. The zero-order valence-corrected chi connectivity index (χ0v) is 6.72. The van der Waals surface area contributed by atoms with E-state index in [0.29, 0.717) is 5.92 Å². The lowest BCUT2D eigenvalue weighted by atomic mass is 9.98. The molecule has 0 spiro atoms. The summed E-state index contributed by atoms with van der Waals surface area (Å²) in [6.45, 7) is 4.28. The Balaban J connectivity index is 2.68. The normalized spacial score (nSPS) is 25.3. The van der Waals surface area contributed by atoms with E-state index in [1.165, 1.54) is 5.57 Å². The Kier molecular flexibility index (Phi) is 2.10. The summed E-state index contributed by atoms with van der Waals surface area (Å²) in [7, 11) is 1.67. The van der Waals surface area contributed by atoms with Crippen LogP contribution in [0.4, 0.5) is 0 Å². The third-order valence-electron chi connectivity index (χ3n) is 1.91. The van der Waals surface area contributed by atoms with Gasteiger partial charge in [-0.1, -0.05) is 12.5 Å². The molecule has 0 aromatic carbocycles. The first-order valence-corrected chi connectivity index (χ1v) is 3.51. The fourth-order valence-electron chi connectivity index (χ4n) is 0.913. The second kappa shape index (κ2) is 2.86. The van der Waals surface area contributed by atoms with Crippen molar-refractivity contribution in [3.8, 4) is 0 Å². The van der Waals surface area contributed by atoms with Gasteiger partial charge in [0.25, 0.3) is 0 Å². The molecule has 0 saturated carbocycles. The molecule has 1 atom stereocenters. The maximum absolute atomic E-state index is 5.02. The number of hydrogen-bond acceptors (Lipinski definition) is 2. The Morgan fingerprint density at radius 3 is 2.90 bits per heavy atom. The topological polar surface area (TPSA) is 21.6 Å². The zero-order chi connectivity index (χ0) is 7.56. The Morgan fingerprint density at radius 2 is 2.40 bits per heavy atom. The highest BCUT2D eigenvalue weighted by molar-refractivity contribution is 5.78. The maximum Gasteiger partial charge on any atom is 0.188 e. The summed E-state index contributed by atoms with van der Waals surface area (Å²) in [6, 6.07) is 0. The lowest BCUT2D eigenvalue weighted by Gasteiger charge is -2.16. The third-order valence-corrected chi connectivity index (χ3v) is 1.91. The van der Waals surface area contributed by atoms with Gasteiger partial charge in [0.1, 0.15) is 0 Å². The molecule has 0 N–H and O–H groups in total. The lowest BCUT2D eigenvalue weighted by Crippen LogP contribution is -2.11. The van der Waals surface area contributed by atoms with E-state index >= 15 is 0 Å². The molecule has 1 aliphatic heterocycles. The Morgan fingerprint density at radius 1 is 1.70 bits per heavy atom. The molecule has 10 heavy (non-hydrogen) atoms. The minimum Gasteiger partial charge on any atom is -0.484 e. The summed E-state index contributed by atoms with van der Waals surface area (Å²) in [4.78, 5) is 4.11. The predicted octanol–water partition coefficient (Wildman–Crippen LogP) is 1.97. The Bertz CT molecular complexity index is 182. The molecule has 1 aliphatic rings. The standard InChI is InChI=1S/C8H13NO/c1-6-4-8(10-3)9-5-7(6)2/h5-6H,4H2,1-3H3. The van der Waals surface area contributed by atoms with Crippen molar-refractivity contribution in [2.75, 3.05) is 7.11 Å². The van der Waals surface area contributed by atoms with Crippen molar-refractivity contribution in [2.45, 2.75) is 20.3 Å². The molecular weight excluding hydrogens is 126 g/mol. The molecule has 0 fully saturated rings. The molecule has 0 bridgehead atoms. The quantitative estimate of drug-likeness (QED) is 0.503. The van der Waals surface area contributed by atoms with Crippen molar-refractivity contribution in [1.29, 1.82) is 0 Å². The lowest BCUT2D eigenvalue weighted by molar-refractivity contribution is 0.379. The van der Waals surface area contributed by atoms with Gasteiger partial charge in [-0.05, 0) is 12.8 Å². The van der Waals surface area contributed by atoms with E-state index in [4.69, 9.17) is 4.74 Å². The van der Waals surface area contributed by atoms with E-state index in [-0.39, 0.29) is 0 Å². The van der Waals surface area contributed by atoms with Crippen LogP contribution < -0.4 is 0 Å². The highest BCUT2D eigenvalue weighted by Gasteiger charge is 2.12. The van der Waals surface area contributed by atoms with Crippen LogP contribution in [0.2, 0.25) is 0 Å². The Labute approximate surface area is 61.6 Å². The number of allylic oxidation sites excluding steroid dienone is 1. The molecule has 0 saturated heterocycles. The summed E-state index contributed by atoms with van der Waals surface area (Å²) < 4.78 is 5.02. The summed E-state index contributed by atoms with van der Waals surface area (Å²) in [5, 5.41) is 0. The highest BCUT2D eigenvalue weighted by Crippen LogP contribution is 2.19. The maximum atomic E-state index is 5.02. The SMILES string of the molecule is COC1=NC=C(C)C(C)C1. The van der Waals surface area contributed by atoms with Gasteiger partial charge in [0.05, 0.1) is 7.11 Å². The van der Waals surface area contributed by atoms with Gasteiger partial charge >= 0.3 is 0 Å². The van der Waals surface area contributed by atoms with Gasteiger partial charge in [-0.3, -0.25) is 0 Å². The molecule has 2 heteroatoms. The van der Waals surface area contributed by atoms with E-state index in [9.17, 15) is 0 Å². The monoisotopic (exact) mass is 139 g/mol. The summed E-state index contributed by atoms with van der Waals surface area (Å²) in [5.74, 6) is 1.44. The van der Waals surface area contributed by atoms with E-state index in [0.717, 1.165) is 12.3 Å². The van der Waals surface area contributed by atoms with Crippen molar-refractivity contribution in [3.63, 3.8) is 0 Å². The second-order valence-electron chi connectivity index (χ2n) is 2.71. The van der Waals surface area contributed by atoms with Crippen molar-refractivity contribution < 1.29 is 4.74 Å². The fraction of sp³-hybridized carbons (Fsp3) is 0.625. The van der Waals surface area contributed by atoms with Crippen LogP contribution in [0.3, 0.4) is 0 Å². The number of ether oxygens (including phenoxy) is 1. The first-order valence-electron chi connectivity index (χ1n) is 3.51. The van der Waals surface area contributed by atoms with Crippen LogP contribution in [-0.4, -0.2) is 13.0 Å². The average molecular weight is 139 g/mol. The van der Waals surface area contributed by atoms with Gasteiger partial charge in [0.2, 0.25) is 0 Å². The van der Waals surface area contributed by atoms with E-state index < -0.39 is 0 Å². The number of hydrogen-bond donors (Lipinski definition) is 0. The molecule has 0 aliphatic carbocycles. The predicted molar refractivity (Wildman–Crippen MR) is 42.0 cm³/mol.